The molecule has 0 saturated heterocycles. The van der Waals surface area contributed by atoms with Crippen molar-refractivity contribution in [1.82, 2.24) is 0 Å². The van der Waals surface area contributed by atoms with Gasteiger partial charge < -0.3 is 9.84 Å². The molecule has 0 amide bonds. The Morgan fingerprint density at radius 1 is 1.56 bits per heavy atom. The Hall–Kier alpha value is -1.58. The Labute approximate surface area is 94.6 Å². The normalized spacial score (nSPS) is 24.6. The number of aliphatic carboxylic acids is 1. The monoisotopic (exact) mass is 224 g/mol. The van der Waals surface area contributed by atoms with Gasteiger partial charge >= 0.3 is 11.9 Å². The van der Waals surface area contributed by atoms with Gasteiger partial charge in [0.05, 0.1) is 18.1 Å². The van der Waals surface area contributed by atoms with E-state index in [-0.39, 0.29) is 0 Å². The quantitative estimate of drug-likeness (QED) is 0.451. The molecule has 2 unspecified atom stereocenters. The van der Waals surface area contributed by atoms with E-state index in [0.717, 1.165) is 12.8 Å². The van der Waals surface area contributed by atoms with Crippen molar-refractivity contribution in [1.29, 1.82) is 0 Å². The second kappa shape index (κ2) is 6.10. The zero-order valence-corrected chi connectivity index (χ0v) is 9.26. The van der Waals surface area contributed by atoms with E-state index in [2.05, 4.69) is 0 Å². The summed E-state index contributed by atoms with van der Waals surface area (Å²) >= 11 is 0. The van der Waals surface area contributed by atoms with Crippen molar-refractivity contribution >= 4 is 11.9 Å². The molecule has 1 aliphatic carbocycles. The molecular formula is C12H16O4. The van der Waals surface area contributed by atoms with Gasteiger partial charge in [-0.3, -0.25) is 9.59 Å². The molecule has 1 aliphatic rings. The summed E-state index contributed by atoms with van der Waals surface area (Å²) in [6.45, 7) is 1.92. The van der Waals surface area contributed by atoms with Crippen molar-refractivity contribution in [2.75, 3.05) is 0 Å². The summed E-state index contributed by atoms with van der Waals surface area (Å²) in [5.41, 5.74) is 0. The lowest BCUT2D eigenvalue weighted by atomic mass is 9.84. The molecule has 0 aromatic heterocycles. The van der Waals surface area contributed by atoms with E-state index in [1.165, 1.54) is 6.26 Å². The predicted molar refractivity (Wildman–Crippen MR) is 58.5 cm³/mol. The third-order valence-electron chi connectivity index (χ3n) is 2.53. The lowest BCUT2D eigenvalue weighted by molar-refractivity contribution is -0.152. The molecule has 16 heavy (non-hydrogen) atoms. The molecule has 1 N–H and O–H groups in total. The van der Waals surface area contributed by atoms with Crippen LogP contribution < -0.4 is 0 Å². The summed E-state index contributed by atoms with van der Waals surface area (Å²) in [4.78, 5) is 22.5. The standard InChI is InChI=1S/C12H16O4/c1-2-3-8-16-12(15)10-7-5-4-6-9(10)11(13)14/h3-4,6,8-10H,2,5,7H2,1H3,(H,13,14). The summed E-state index contributed by atoms with van der Waals surface area (Å²) in [6.07, 6.45) is 8.45. The van der Waals surface area contributed by atoms with Gasteiger partial charge in [0.1, 0.15) is 0 Å². The predicted octanol–water partition coefficient (Wildman–Crippen LogP) is 2.12. The second-order valence-corrected chi connectivity index (χ2v) is 3.69. The van der Waals surface area contributed by atoms with Crippen molar-refractivity contribution in [2.45, 2.75) is 26.2 Å². The van der Waals surface area contributed by atoms with Gasteiger partial charge in [0.2, 0.25) is 0 Å². The Balaban J connectivity index is 2.63. The Bertz CT molecular complexity index is 317. The molecule has 0 saturated carbocycles. The van der Waals surface area contributed by atoms with Crippen molar-refractivity contribution in [3.8, 4) is 0 Å². The van der Waals surface area contributed by atoms with Gasteiger partial charge in [-0.25, -0.2) is 0 Å². The minimum absolute atomic E-state index is 0.457. The van der Waals surface area contributed by atoms with E-state index in [1.807, 2.05) is 6.92 Å². The van der Waals surface area contributed by atoms with Gasteiger partial charge in [0.25, 0.3) is 0 Å². The lowest BCUT2D eigenvalue weighted by Gasteiger charge is -2.21. The number of allylic oxidation sites excluding steroid dienone is 2. The molecule has 4 nitrogen and oxygen atoms in total. The first-order valence-electron chi connectivity index (χ1n) is 5.41. The van der Waals surface area contributed by atoms with Crippen LogP contribution in [0.1, 0.15) is 26.2 Å². The third-order valence-corrected chi connectivity index (χ3v) is 2.53. The van der Waals surface area contributed by atoms with Crippen LogP contribution in [0.4, 0.5) is 0 Å². The molecule has 4 heteroatoms. The number of hydrogen-bond acceptors (Lipinski definition) is 3. The number of ether oxygens (including phenoxy) is 1. The zero-order chi connectivity index (χ0) is 12.0. The van der Waals surface area contributed by atoms with E-state index < -0.39 is 23.8 Å². The van der Waals surface area contributed by atoms with Crippen LogP contribution in [0, 0.1) is 11.8 Å². The number of esters is 1. The molecular weight excluding hydrogens is 208 g/mol. The first-order valence-corrected chi connectivity index (χ1v) is 5.41. The largest absolute Gasteiger partial charge is 0.481 e. The number of carbonyl (C=O) groups excluding carboxylic acids is 1. The van der Waals surface area contributed by atoms with E-state index in [0.29, 0.717) is 6.42 Å². The van der Waals surface area contributed by atoms with E-state index in [1.54, 1.807) is 18.2 Å². The highest BCUT2D eigenvalue weighted by Gasteiger charge is 2.34. The summed E-state index contributed by atoms with van der Waals surface area (Å²) in [7, 11) is 0. The number of carbonyl (C=O) groups is 2. The summed E-state index contributed by atoms with van der Waals surface area (Å²) in [6, 6.07) is 0. The number of rotatable bonds is 4. The summed E-state index contributed by atoms with van der Waals surface area (Å²) in [5, 5.41) is 8.95. The Morgan fingerprint density at radius 2 is 2.31 bits per heavy atom. The highest BCUT2D eigenvalue weighted by molar-refractivity contribution is 5.83. The average molecular weight is 224 g/mol. The first kappa shape index (κ1) is 12.5. The maximum Gasteiger partial charge on any atom is 0.314 e. The minimum atomic E-state index is -0.975. The maximum absolute atomic E-state index is 11.6. The third kappa shape index (κ3) is 3.22. The molecule has 0 aromatic rings. The first-order chi connectivity index (χ1) is 7.66. The van der Waals surface area contributed by atoms with Gasteiger partial charge in [-0.05, 0) is 25.3 Å². The van der Waals surface area contributed by atoms with Crippen molar-refractivity contribution in [3.63, 3.8) is 0 Å². The molecule has 2 atom stereocenters. The molecule has 1 rings (SSSR count). The maximum atomic E-state index is 11.6. The molecule has 0 aromatic carbocycles. The highest BCUT2D eigenvalue weighted by Crippen LogP contribution is 2.26. The van der Waals surface area contributed by atoms with Gasteiger partial charge in [0, 0.05) is 0 Å². The van der Waals surface area contributed by atoms with E-state index >= 15 is 0 Å². The Kier molecular flexibility index (Phi) is 4.76. The van der Waals surface area contributed by atoms with Crippen molar-refractivity contribution in [2.24, 2.45) is 11.8 Å². The lowest BCUT2D eigenvalue weighted by Crippen LogP contribution is -2.30. The summed E-state index contributed by atoms with van der Waals surface area (Å²) in [5.74, 6) is -2.75. The van der Waals surface area contributed by atoms with Crippen LogP contribution in [0.15, 0.2) is 24.5 Å². The van der Waals surface area contributed by atoms with Crippen LogP contribution >= 0.6 is 0 Å². The van der Waals surface area contributed by atoms with Crippen molar-refractivity contribution < 1.29 is 19.4 Å². The van der Waals surface area contributed by atoms with Gasteiger partial charge in [-0.15, -0.1) is 0 Å². The number of carboxylic acid groups (broad SMARTS) is 1. The molecule has 0 radical (unpaired) electrons. The SMILES string of the molecule is CCC=COC(=O)C1CCC=CC1C(=O)O. The van der Waals surface area contributed by atoms with E-state index in [4.69, 9.17) is 9.84 Å². The smallest absolute Gasteiger partial charge is 0.314 e. The molecule has 0 bridgehead atoms. The fourth-order valence-electron chi connectivity index (χ4n) is 1.65. The van der Waals surface area contributed by atoms with Crippen molar-refractivity contribution in [3.05, 3.63) is 24.5 Å². The molecule has 88 valence electrons. The number of carboxylic acids is 1. The highest BCUT2D eigenvalue weighted by atomic mass is 16.5. The molecule has 0 heterocycles. The molecule has 0 aliphatic heterocycles. The van der Waals surface area contributed by atoms with Crippen LogP contribution in [-0.2, 0) is 14.3 Å². The fraction of sp³-hybridized carbons (Fsp3) is 0.500. The van der Waals surface area contributed by atoms with Crippen LogP contribution in [0.2, 0.25) is 0 Å². The average Bonchev–Trinajstić information content (AvgIpc) is 2.29. The van der Waals surface area contributed by atoms with E-state index in [9.17, 15) is 9.59 Å². The fourth-order valence-corrected chi connectivity index (χ4v) is 1.65. The van der Waals surface area contributed by atoms with Gasteiger partial charge in [-0.2, -0.15) is 0 Å². The molecule has 0 fully saturated rings. The topological polar surface area (TPSA) is 63.6 Å². The zero-order valence-electron chi connectivity index (χ0n) is 9.26. The molecule has 0 spiro atoms. The van der Waals surface area contributed by atoms with Crippen LogP contribution in [0.3, 0.4) is 0 Å². The van der Waals surface area contributed by atoms with Gasteiger partial charge in [0.15, 0.2) is 0 Å². The van der Waals surface area contributed by atoms with Gasteiger partial charge in [-0.1, -0.05) is 19.1 Å². The van der Waals surface area contributed by atoms with Crippen LogP contribution in [0.5, 0.6) is 0 Å². The van der Waals surface area contributed by atoms with Crippen LogP contribution in [0.25, 0.3) is 0 Å². The minimum Gasteiger partial charge on any atom is -0.481 e. The second-order valence-electron chi connectivity index (χ2n) is 3.69. The summed E-state index contributed by atoms with van der Waals surface area (Å²) < 4.78 is 4.89. The Morgan fingerprint density at radius 3 is 2.94 bits per heavy atom. The van der Waals surface area contributed by atoms with Crippen LogP contribution in [-0.4, -0.2) is 17.0 Å². The number of hydrogen-bond donors (Lipinski definition) is 1.